The molecule has 2 N–H and O–H groups in total. The highest BCUT2D eigenvalue weighted by Gasteiger charge is 2.24. The van der Waals surface area contributed by atoms with Gasteiger partial charge < -0.3 is 15.4 Å². The summed E-state index contributed by atoms with van der Waals surface area (Å²) in [7, 11) is 0. The zero-order valence-electron chi connectivity index (χ0n) is 9.90. The van der Waals surface area contributed by atoms with Gasteiger partial charge in [0.2, 0.25) is 5.91 Å². The lowest BCUT2D eigenvalue weighted by Crippen LogP contribution is -2.45. The molecule has 90 valence electrons. The minimum Gasteiger partial charge on any atom is -0.360 e. The highest BCUT2D eigenvalue weighted by atomic mass is 16.5. The molecule has 0 aliphatic carbocycles. The summed E-state index contributed by atoms with van der Waals surface area (Å²) in [6.07, 6.45) is 0.603. The van der Waals surface area contributed by atoms with Crippen molar-refractivity contribution in [2.75, 3.05) is 19.7 Å². The summed E-state index contributed by atoms with van der Waals surface area (Å²) in [5.41, 5.74) is 5.50. The van der Waals surface area contributed by atoms with Crippen molar-refractivity contribution in [2.24, 2.45) is 5.73 Å². The van der Waals surface area contributed by atoms with Gasteiger partial charge in [-0.25, -0.2) is 0 Å². The van der Waals surface area contributed by atoms with E-state index in [1.54, 1.807) is 4.90 Å². The van der Waals surface area contributed by atoms with Gasteiger partial charge in [-0.15, -0.1) is 0 Å². The molecule has 0 bridgehead atoms. The van der Waals surface area contributed by atoms with E-state index in [9.17, 15) is 4.79 Å². The molecule has 0 radical (unpaired) electrons. The van der Waals surface area contributed by atoms with E-state index in [1.807, 2.05) is 19.9 Å². The lowest BCUT2D eigenvalue weighted by Gasteiger charge is -2.30. The third-order valence-electron chi connectivity index (χ3n) is 2.55. The van der Waals surface area contributed by atoms with E-state index >= 15 is 0 Å². The fourth-order valence-corrected chi connectivity index (χ4v) is 1.54. The maximum Gasteiger partial charge on any atom is 0.222 e. The first-order valence-corrected chi connectivity index (χ1v) is 5.50. The van der Waals surface area contributed by atoms with Crippen LogP contribution in [0.25, 0.3) is 0 Å². The number of hydrogen-bond donors (Lipinski definition) is 1. The second-order valence-electron chi connectivity index (χ2n) is 4.82. The van der Waals surface area contributed by atoms with Crippen LogP contribution in [0.5, 0.6) is 0 Å². The standard InChI is InChI=1S/C11H19N3O2/c1-11(2,13)4-3-10(15)14-5-6-16-9(7-12)8-14/h9H,3-6,8,13H2,1-2H3. The van der Waals surface area contributed by atoms with Crippen molar-refractivity contribution in [3.63, 3.8) is 0 Å². The van der Waals surface area contributed by atoms with E-state index in [0.29, 0.717) is 32.5 Å². The van der Waals surface area contributed by atoms with Gasteiger partial charge in [0, 0.05) is 18.5 Å². The molecule has 0 aromatic rings. The topological polar surface area (TPSA) is 79.3 Å². The summed E-state index contributed by atoms with van der Waals surface area (Å²) >= 11 is 0. The number of carbonyl (C=O) groups is 1. The number of ether oxygens (including phenoxy) is 1. The van der Waals surface area contributed by atoms with Gasteiger partial charge in [-0.05, 0) is 20.3 Å². The van der Waals surface area contributed by atoms with Gasteiger partial charge in [0.05, 0.1) is 19.2 Å². The number of rotatable bonds is 3. The minimum atomic E-state index is -0.483. The predicted molar refractivity (Wildman–Crippen MR) is 59.4 cm³/mol. The Morgan fingerprint density at radius 3 is 2.94 bits per heavy atom. The van der Waals surface area contributed by atoms with Crippen LogP contribution in [0.4, 0.5) is 0 Å². The molecule has 1 rings (SSSR count). The Balaban J connectivity index is 2.39. The van der Waals surface area contributed by atoms with E-state index in [0.717, 1.165) is 0 Å². The third kappa shape index (κ3) is 4.17. The summed E-state index contributed by atoms with van der Waals surface area (Å²) in [6.45, 7) is 5.19. The molecule has 1 aliphatic heterocycles. The van der Waals surface area contributed by atoms with Crippen LogP contribution in [-0.2, 0) is 9.53 Å². The van der Waals surface area contributed by atoms with Crippen molar-refractivity contribution in [3.05, 3.63) is 0 Å². The Kier molecular flexibility index (Phi) is 4.27. The molecule has 16 heavy (non-hydrogen) atoms. The Hall–Kier alpha value is -1.12. The molecule has 5 nitrogen and oxygen atoms in total. The van der Waals surface area contributed by atoms with Crippen molar-refractivity contribution >= 4 is 5.91 Å². The number of nitrogens with zero attached hydrogens (tertiary/aromatic N) is 2. The second kappa shape index (κ2) is 5.28. The Labute approximate surface area is 96.2 Å². The zero-order valence-corrected chi connectivity index (χ0v) is 9.90. The van der Waals surface area contributed by atoms with Crippen LogP contribution in [0.15, 0.2) is 0 Å². The molecule has 0 spiro atoms. The van der Waals surface area contributed by atoms with Gasteiger partial charge >= 0.3 is 0 Å². The van der Waals surface area contributed by atoms with Crippen molar-refractivity contribution in [3.8, 4) is 6.07 Å². The molecule has 5 heteroatoms. The number of nitrogens with two attached hydrogens (primary N) is 1. The van der Waals surface area contributed by atoms with E-state index in [4.69, 9.17) is 15.7 Å². The Bertz CT molecular complexity index is 291. The maximum atomic E-state index is 11.8. The monoisotopic (exact) mass is 225 g/mol. The molecule has 0 aromatic heterocycles. The first kappa shape index (κ1) is 12.9. The van der Waals surface area contributed by atoms with Crippen LogP contribution in [0.1, 0.15) is 26.7 Å². The van der Waals surface area contributed by atoms with Gasteiger partial charge in [-0.2, -0.15) is 5.26 Å². The number of hydrogen-bond acceptors (Lipinski definition) is 4. The lowest BCUT2D eigenvalue weighted by atomic mass is 9.99. The minimum absolute atomic E-state index is 0.0575. The van der Waals surface area contributed by atoms with E-state index < -0.39 is 6.10 Å². The SMILES string of the molecule is CC(C)(N)CCC(=O)N1CCOC(C#N)C1. The molecular weight excluding hydrogens is 206 g/mol. The van der Waals surface area contributed by atoms with Gasteiger partial charge in [-0.3, -0.25) is 4.79 Å². The summed E-state index contributed by atoms with van der Waals surface area (Å²) in [4.78, 5) is 13.5. The quantitative estimate of drug-likeness (QED) is 0.747. The molecule has 0 saturated carbocycles. The average molecular weight is 225 g/mol. The number of nitriles is 1. The van der Waals surface area contributed by atoms with Crippen LogP contribution in [0.2, 0.25) is 0 Å². The predicted octanol–water partition coefficient (Wildman–Crippen LogP) is 0.255. The number of carbonyl (C=O) groups excluding carboxylic acids is 1. The molecule has 0 aromatic carbocycles. The molecule has 1 fully saturated rings. The van der Waals surface area contributed by atoms with Crippen LogP contribution >= 0.6 is 0 Å². The molecule has 1 unspecified atom stereocenters. The molecule has 1 saturated heterocycles. The summed E-state index contributed by atoms with van der Waals surface area (Å²) < 4.78 is 5.17. The van der Waals surface area contributed by atoms with E-state index in [-0.39, 0.29) is 11.4 Å². The molecule has 1 amide bonds. The van der Waals surface area contributed by atoms with Crippen molar-refractivity contribution < 1.29 is 9.53 Å². The van der Waals surface area contributed by atoms with Gasteiger partial charge in [-0.1, -0.05) is 0 Å². The van der Waals surface area contributed by atoms with Gasteiger partial charge in [0.25, 0.3) is 0 Å². The van der Waals surface area contributed by atoms with Crippen molar-refractivity contribution in [2.45, 2.75) is 38.3 Å². The van der Waals surface area contributed by atoms with E-state index in [1.165, 1.54) is 0 Å². The zero-order chi connectivity index (χ0) is 12.2. The maximum absolute atomic E-state index is 11.8. The third-order valence-corrected chi connectivity index (χ3v) is 2.55. The smallest absolute Gasteiger partial charge is 0.222 e. The summed E-state index contributed by atoms with van der Waals surface area (Å²) in [5.74, 6) is 0.0575. The highest BCUT2D eigenvalue weighted by molar-refractivity contribution is 5.76. The van der Waals surface area contributed by atoms with Crippen LogP contribution < -0.4 is 5.73 Å². The highest BCUT2D eigenvalue weighted by Crippen LogP contribution is 2.11. The first-order chi connectivity index (χ1) is 7.42. The van der Waals surface area contributed by atoms with Crippen LogP contribution in [0, 0.1) is 11.3 Å². The average Bonchev–Trinajstić information content (AvgIpc) is 2.25. The number of amides is 1. The van der Waals surface area contributed by atoms with Crippen LogP contribution in [0.3, 0.4) is 0 Å². The van der Waals surface area contributed by atoms with Crippen molar-refractivity contribution in [1.82, 2.24) is 4.90 Å². The Morgan fingerprint density at radius 1 is 1.69 bits per heavy atom. The van der Waals surface area contributed by atoms with E-state index in [2.05, 4.69) is 0 Å². The molecule has 1 aliphatic rings. The van der Waals surface area contributed by atoms with Crippen LogP contribution in [-0.4, -0.2) is 42.1 Å². The van der Waals surface area contributed by atoms with Gasteiger partial charge in [0.1, 0.15) is 0 Å². The molecular formula is C11H19N3O2. The largest absolute Gasteiger partial charge is 0.360 e. The lowest BCUT2D eigenvalue weighted by molar-refractivity contribution is -0.137. The first-order valence-electron chi connectivity index (χ1n) is 5.50. The number of morpholine rings is 1. The van der Waals surface area contributed by atoms with Gasteiger partial charge in [0.15, 0.2) is 6.10 Å². The Morgan fingerprint density at radius 2 is 2.38 bits per heavy atom. The van der Waals surface area contributed by atoms with Crippen molar-refractivity contribution in [1.29, 1.82) is 5.26 Å². The normalized spacial score (nSPS) is 21.6. The fraction of sp³-hybridized carbons (Fsp3) is 0.818. The fourth-order valence-electron chi connectivity index (χ4n) is 1.54. The second-order valence-corrected chi connectivity index (χ2v) is 4.82. The molecule has 1 atom stereocenters. The summed E-state index contributed by atoms with van der Waals surface area (Å²) in [5, 5.41) is 8.72. The molecule has 1 heterocycles. The summed E-state index contributed by atoms with van der Waals surface area (Å²) in [6, 6.07) is 2.02.